The monoisotopic (exact) mass is 441 g/mol. The lowest BCUT2D eigenvalue weighted by molar-refractivity contribution is -0.116. The normalized spacial score (nSPS) is 13.1. The molecule has 0 saturated heterocycles. The summed E-state index contributed by atoms with van der Waals surface area (Å²) in [7, 11) is 0. The molecule has 2 aromatic heterocycles. The zero-order valence-electron chi connectivity index (χ0n) is 17.9. The number of carbonyl (C=O) groups excluding carboxylic acids is 1. The predicted molar refractivity (Wildman–Crippen MR) is 123 cm³/mol. The van der Waals surface area contributed by atoms with Gasteiger partial charge in [-0.2, -0.15) is 0 Å². The highest BCUT2D eigenvalue weighted by Crippen LogP contribution is 2.33. The highest BCUT2D eigenvalue weighted by atomic mass is 32.1. The number of ether oxygens (including phenoxy) is 2. The van der Waals surface area contributed by atoms with Gasteiger partial charge in [-0.25, -0.2) is 4.98 Å². The van der Waals surface area contributed by atoms with Gasteiger partial charge in [-0.15, -0.1) is 11.3 Å². The molecule has 2 heterocycles. The molecule has 0 saturated carbocycles. The summed E-state index contributed by atoms with van der Waals surface area (Å²) in [5.74, 6) is 1.06. The number of fused-ring (bicyclic) bond motifs is 3. The van der Waals surface area contributed by atoms with E-state index < -0.39 is 0 Å². The molecule has 8 heteroatoms. The highest BCUT2D eigenvalue weighted by molar-refractivity contribution is 7.18. The molecule has 164 valence electrons. The van der Waals surface area contributed by atoms with Crippen molar-refractivity contribution in [2.75, 3.05) is 18.5 Å². The number of nitrogens with zero attached hydrogens (tertiary/aromatic N) is 2. The summed E-state index contributed by atoms with van der Waals surface area (Å²) >= 11 is 1.63. The number of hydrogen-bond donors (Lipinski definition) is 1. The van der Waals surface area contributed by atoms with E-state index in [1.54, 1.807) is 40.4 Å². The first-order chi connectivity index (χ1) is 15.1. The Balaban J connectivity index is 1.45. The van der Waals surface area contributed by atoms with Crippen molar-refractivity contribution >= 4 is 33.1 Å². The molecule has 31 heavy (non-hydrogen) atoms. The lowest BCUT2D eigenvalue weighted by atomic mass is 9.97. The number of hydrogen-bond acceptors (Lipinski definition) is 6. The van der Waals surface area contributed by atoms with Crippen molar-refractivity contribution in [3.05, 3.63) is 45.3 Å². The molecule has 1 aromatic carbocycles. The third-order valence-electron chi connectivity index (χ3n) is 5.35. The number of rotatable bonds is 8. The molecule has 0 unspecified atom stereocenters. The topological polar surface area (TPSA) is 82.5 Å². The second kappa shape index (κ2) is 9.51. The SMILES string of the molecule is CCOc1ccc(NC(=O)CCn2cnc3sc4c(c3c2=O)CCCC4)cc1OCC. The minimum Gasteiger partial charge on any atom is -0.490 e. The van der Waals surface area contributed by atoms with E-state index in [0.29, 0.717) is 30.4 Å². The van der Waals surface area contributed by atoms with Crippen molar-refractivity contribution in [3.8, 4) is 11.5 Å². The maximum absolute atomic E-state index is 13.0. The first kappa shape index (κ1) is 21.4. The largest absolute Gasteiger partial charge is 0.490 e. The molecule has 0 fully saturated rings. The Morgan fingerprint density at radius 2 is 1.94 bits per heavy atom. The Hall–Kier alpha value is -2.87. The number of carbonyl (C=O) groups is 1. The van der Waals surface area contributed by atoms with Crippen LogP contribution in [-0.4, -0.2) is 28.7 Å². The van der Waals surface area contributed by atoms with E-state index in [0.717, 1.165) is 29.5 Å². The van der Waals surface area contributed by atoms with Crippen LogP contribution in [0.15, 0.2) is 29.3 Å². The van der Waals surface area contributed by atoms with Crippen molar-refractivity contribution < 1.29 is 14.3 Å². The standard InChI is InChI=1S/C23H27N3O4S/c1-3-29-17-10-9-15(13-18(17)30-4-2)25-20(27)11-12-26-14-24-22-21(23(26)28)16-7-5-6-8-19(16)31-22/h9-10,13-14H,3-8,11-12H2,1-2H3,(H,25,27). The van der Waals surface area contributed by atoms with Gasteiger partial charge >= 0.3 is 0 Å². The lowest BCUT2D eigenvalue weighted by Crippen LogP contribution is -2.24. The fourth-order valence-electron chi connectivity index (χ4n) is 3.91. The van der Waals surface area contributed by atoms with E-state index in [1.165, 1.54) is 16.9 Å². The Morgan fingerprint density at radius 3 is 2.74 bits per heavy atom. The van der Waals surface area contributed by atoms with Crippen molar-refractivity contribution in [1.29, 1.82) is 0 Å². The fourth-order valence-corrected chi connectivity index (χ4v) is 5.13. The third-order valence-corrected chi connectivity index (χ3v) is 6.55. The van der Waals surface area contributed by atoms with Gasteiger partial charge in [-0.3, -0.25) is 14.2 Å². The van der Waals surface area contributed by atoms with Gasteiger partial charge in [0.2, 0.25) is 5.91 Å². The summed E-state index contributed by atoms with van der Waals surface area (Å²) < 4.78 is 12.7. The van der Waals surface area contributed by atoms with Crippen molar-refractivity contribution in [2.45, 2.75) is 52.5 Å². The van der Waals surface area contributed by atoms with Gasteiger partial charge in [0.05, 0.1) is 24.9 Å². The smallest absolute Gasteiger partial charge is 0.262 e. The van der Waals surface area contributed by atoms with Crippen LogP contribution in [-0.2, 0) is 24.2 Å². The molecule has 0 spiro atoms. The van der Waals surface area contributed by atoms with Crippen LogP contribution in [0.2, 0.25) is 0 Å². The van der Waals surface area contributed by atoms with Gasteiger partial charge < -0.3 is 14.8 Å². The van der Waals surface area contributed by atoms with Crippen LogP contribution in [0.5, 0.6) is 11.5 Å². The molecule has 4 rings (SSSR count). The van der Waals surface area contributed by atoms with E-state index in [4.69, 9.17) is 9.47 Å². The number of thiophene rings is 1. The number of amides is 1. The number of aromatic nitrogens is 2. The highest BCUT2D eigenvalue weighted by Gasteiger charge is 2.20. The van der Waals surface area contributed by atoms with Gasteiger partial charge in [0.15, 0.2) is 11.5 Å². The second-order valence-corrected chi connectivity index (χ2v) is 8.54. The van der Waals surface area contributed by atoms with E-state index in [2.05, 4.69) is 10.3 Å². The summed E-state index contributed by atoms with van der Waals surface area (Å²) in [5, 5.41) is 3.62. The first-order valence-electron chi connectivity index (χ1n) is 10.8. The molecular weight excluding hydrogens is 414 g/mol. The first-order valence-corrected chi connectivity index (χ1v) is 11.6. The third kappa shape index (κ3) is 4.58. The van der Waals surface area contributed by atoms with E-state index >= 15 is 0 Å². The van der Waals surface area contributed by atoms with E-state index in [-0.39, 0.29) is 24.4 Å². The van der Waals surface area contributed by atoms with E-state index in [1.807, 2.05) is 13.8 Å². The minimum atomic E-state index is -0.175. The molecule has 0 aliphatic heterocycles. The molecule has 0 radical (unpaired) electrons. The van der Waals surface area contributed by atoms with Crippen LogP contribution >= 0.6 is 11.3 Å². The minimum absolute atomic E-state index is 0.0445. The molecule has 1 amide bonds. The quantitative estimate of drug-likeness (QED) is 0.568. The van der Waals surface area contributed by atoms with Gasteiger partial charge in [0.1, 0.15) is 4.83 Å². The fraction of sp³-hybridized carbons (Fsp3) is 0.435. The Kier molecular flexibility index (Phi) is 6.56. The average Bonchev–Trinajstić information content (AvgIpc) is 3.15. The summed E-state index contributed by atoms with van der Waals surface area (Å²) in [6.07, 6.45) is 5.99. The summed E-state index contributed by atoms with van der Waals surface area (Å²) in [5.41, 5.74) is 1.75. The lowest BCUT2D eigenvalue weighted by Gasteiger charge is -2.13. The molecule has 1 N–H and O–H groups in total. The van der Waals surface area contributed by atoms with Crippen LogP contribution in [0.4, 0.5) is 5.69 Å². The maximum Gasteiger partial charge on any atom is 0.262 e. The van der Waals surface area contributed by atoms with Crippen LogP contribution in [0.25, 0.3) is 10.2 Å². The summed E-state index contributed by atoms with van der Waals surface area (Å²) in [6.45, 7) is 5.13. The van der Waals surface area contributed by atoms with Crippen LogP contribution in [0.1, 0.15) is 43.6 Å². The molecule has 1 aliphatic carbocycles. The molecule has 0 bridgehead atoms. The van der Waals surface area contributed by atoms with Gasteiger partial charge in [-0.1, -0.05) is 0 Å². The molecule has 1 aliphatic rings. The van der Waals surface area contributed by atoms with Crippen molar-refractivity contribution in [1.82, 2.24) is 9.55 Å². The van der Waals surface area contributed by atoms with E-state index in [9.17, 15) is 9.59 Å². The zero-order chi connectivity index (χ0) is 21.8. The van der Waals surface area contributed by atoms with Crippen molar-refractivity contribution in [2.24, 2.45) is 0 Å². The number of nitrogens with one attached hydrogen (secondary N) is 1. The maximum atomic E-state index is 13.0. The zero-order valence-corrected chi connectivity index (χ0v) is 18.7. The molecule has 3 aromatic rings. The molecular formula is C23H27N3O4S. The number of benzene rings is 1. The second-order valence-electron chi connectivity index (χ2n) is 7.46. The Labute approximate surface area is 185 Å². The van der Waals surface area contributed by atoms with Crippen LogP contribution < -0.4 is 20.3 Å². The number of anilines is 1. The van der Waals surface area contributed by atoms with Crippen molar-refractivity contribution in [3.63, 3.8) is 0 Å². The molecule has 7 nitrogen and oxygen atoms in total. The van der Waals surface area contributed by atoms with Gasteiger partial charge in [0, 0.05) is 29.6 Å². The van der Waals surface area contributed by atoms with Gasteiger partial charge in [0.25, 0.3) is 5.56 Å². The van der Waals surface area contributed by atoms with Crippen LogP contribution in [0, 0.1) is 0 Å². The summed E-state index contributed by atoms with van der Waals surface area (Å²) in [6, 6.07) is 5.32. The Morgan fingerprint density at radius 1 is 1.16 bits per heavy atom. The summed E-state index contributed by atoms with van der Waals surface area (Å²) in [4.78, 5) is 32.1. The molecule has 0 atom stereocenters. The van der Waals surface area contributed by atoms with Gasteiger partial charge in [-0.05, 0) is 57.2 Å². The Bertz CT molecular complexity index is 1150. The number of aryl methyl sites for hydroxylation is 3. The van der Waals surface area contributed by atoms with Crippen LogP contribution in [0.3, 0.4) is 0 Å². The average molecular weight is 442 g/mol. The predicted octanol–water partition coefficient (Wildman–Crippen LogP) is 4.16.